The van der Waals surface area contributed by atoms with Crippen LogP contribution in [0.5, 0.6) is 0 Å². The van der Waals surface area contributed by atoms with E-state index < -0.39 is 11.7 Å². The average Bonchev–Trinajstić information content (AvgIpc) is 2.85. The van der Waals surface area contributed by atoms with Crippen molar-refractivity contribution in [1.29, 1.82) is 0 Å². The van der Waals surface area contributed by atoms with E-state index in [-0.39, 0.29) is 11.5 Å². The van der Waals surface area contributed by atoms with Crippen LogP contribution in [-0.4, -0.2) is 9.38 Å². The van der Waals surface area contributed by atoms with E-state index in [9.17, 15) is 18.1 Å². The number of halogens is 3. The number of alkyl halides is 3. The van der Waals surface area contributed by atoms with E-state index in [0.717, 1.165) is 12.1 Å². The molecule has 0 radical (unpaired) electrons. The van der Waals surface area contributed by atoms with Crippen molar-refractivity contribution in [2.24, 2.45) is 5.18 Å². The minimum absolute atomic E-state index is 0.0605. The van der Waals surface area contributed by atoms with Crippen LogP contribution in [-0.2, 0) is 6.18 Å². The second-order valence-electron chi connectivity index (χ2n) is 4.38. The molecule has 0 aliphatic heterocycles. The monoisotopic (exact) mass is 291 g/mol. The molecule has 0 spiro atoms. The molecule has 0 fully saturated rings. The lowest BCUT2D eigenvalue weighted by molar-refractivity contribution is -0.137. The van der Waals surface area contributed by atoms with Gasteiger partial charge in [-0.25, -0.2) is 4.98 Å². The molecule has 0 aliphatic carbocycles. The molecule has 4 nitrogen and oxygen atoms in total. The van der Waals surface area contributed by atoms with Gasteiger partial charge < -0.3 is 0 Å². The summed E-state index contributed by atoms with van der Waals surface area (Å²) < 4.78 is 39.1. The Kier molecular flexibility index (Phi) is 2.97. The van der Waals surface area contributed by atoms with Gasteiger partial charge in [-0.1, -0.05) is 18.2 Å². The number of fused-ring (bicyclic) bond motifs is 1. The Hall–Kier alpha value is -2.70. The lowest BCUT2D eigenvalue weighted by atomic mass is 10.1. The Morgan fingerprint density at radius 2 is 1.76 bits per heavy atom. The third-order valence-corrected chi connectivity index (χ3v) is 3.08. The summed E-state index contributed by atoms with van der Waals surface area (Å²) in [5, 5.41) is 2.93. The summed E-state index contributed by atoms with van der Waals surface area (Å²) >= 11 is 0. The zero-order valence-corrected chi connectivity index (χ0v) is 10.5. The molecule has 3 rings (SSSR count). The molecule has 0 aliphatic rings. The predicted octanol–water partition coefficient (Wildman–Crippen LogP) is 4.42. The Labute approximate surface area is 116 Å². The first-order chi connectivity index (χ1) is 10.0. The van der Waals surface area contributed by atoms with Crippen molar-refractivity contribution >= 4 is 11.5 Å². The molecule has 0 saturated carbocycles. The van der Waals surface area contributed by atoms with Crippen molar-refractivity contribution in [3.63, 3.8) is 0 Å². The van der Waals surface area contributed by atoms with Crippen molar-refractivity contribution in [3.05, 3.63) is 59.1 Å². The normalized spacial score (nSPS) is 11.8. The zero-order chi connectivity index (χ0) is 15.0. The molecule has 1 aromatic carbocycles. The maximum Gasteiger partial charge on any atom is 0.416 e. The highest BCUT2D eigenvalue weighted by molar-refractivity contribution is 5.74. The van der Waals surface area contributed by atoms with E-state index in [2.05, 4.69) is 10.2 Å². The van der Waals surface area contributed by atoms with Gasteiger partial charge in [0.25, 0.3) is 0 Å². The number of benzene rings is 1. The van der Waals surface area contributed by atoms with E-state index in [1.807, 2.05) is 0 Å². The van der Waals surface area contributed by atoms with Gasteiger partial charge in [-0.3, -0.25) is 4.40 Å². The van der Waals surface area contributed by atoms with Crippen molar-refractivity contribution in [2.45, 2.75) is 6.18 Å². The fraction of sp³-hybridized carbons (Fsp3) is 0.0714. The van der Waals surface area contributed by atoms with Crippen LogP contribution in [0.3, 0.4) is 0 Å². The summed E-state index contributed by atoms with van der Waals surface area (Å²) in [5.41, 5.74) is 0.406. The summed E-state index contributed by atoms with van der Waals surface area (Å²) in [7, 11) is 0. The van der Waals surface area contributed by atoms with E-state index >= 15 is 0 Å². The Balaban J connectivity index is 2.14. The van der Waals surface area contributed by atoms with Crippen LogP contribution < -0.4 is 0 Å². The van der Waals surface area contributed by atoms with E-state index in [0.29, 0.717) is 11.2 Å². The Bertz CT molecular complexity index is 806. The van der Waals surface area contributed by atoms with Gasteiger partial charge >= 0.3 is 6.18 Å². The zero-order valence-electron chi connectivity index (χ0n) is 10.5. The van der Waals surface area contributed by atoms with Crippen molar-refractivity contribution in [2.75, 3.05) is 0 Å². The molecular weight excluding hydrogens is 283 g/mol. The summed E-state index contributed by atoms with van der Waals surface area (Å²) in [6.45, 7) is 0. The minimum atomic E-state index is -4.40. The third-order valence-electron chi connectivity index (χ3n) is 3.08. The van der Waals surface area contributed by atoms with E-state index in [4.69, 9.17) is 0 Å². The molecule has 2 aromatic heterocycles. The first kappa shape index (κ1) is 13.3. The lowest BCUT2D eigenvalue weighted by Crippen LogP contribution is -2.03. The number of pyridine rings is 1. The maximum atomic E-state index is 12.5. The number of nitrogens with zero attached hydrogens (tertiary/aromatic N) is 3. The van der Waals surface area contributed by atoms with Gasteiger partial charge in [0.15, 0.2) is 0 Å². The summed E-state index contributed by atoms with van der Waals surface area (Å²) in [5.74, 6) is 0.0605. The number of imidazole rings is 1. The number of hydrogen-bond donors (Lipinski definition) is 0. The number of aromatic nitrogens is 2. The number of hydrogen-bond acceptors (Lipinski definition) is 3. The van der Waals surface area contributed by atoms with Crippen LogP contribution >= 0.6 is 0 Å². The van der Waals surface area contributed by atoms with Crippen LogP contribution in [0.2, 0.25) is 0 Å². The first-order valence-electron chi connectivity index (χ1n) is 5.99. The lowest BCUT2D eigenvalue weighted by Gasteiger charge is -2.06. The molecule has 21 heavy (non-hydrogen) atoms. The van der Waals surface area contributed by atoms with Gasteiger partial charge in [-0.15, -0.1) is 4.91 Å². The highest BCUT2D eigenvalue weighted by Crippen LogP contribution is 2.34. The maximum absolute atomic E-state index is 12.5. The summed E-state index contributed by atoms with van der Waals surface area (Å²) in [6.07, 6.45) is -2.78. The van der Waals surface area contributed by atoms with Crippen LogP contribution in [0.1, 0.15) is 5.56 Å². The van der Waals surface area contributed by atoms with Gasteiger partial charge in [-0.2, -0.15) is 13.2 Å². The van der Waals surface area contributed by atoms with Crippen LogP contribution in [0.25, 0.3) is 16.9 Å². The minimum Gasteiger partial charge on any atom is -0.281 e. The average molecular weight is 291 g/mol. The van der Waals surface area contributed by atoms with Gasteiger partial charge in [0.05, 0.1) is 5.56 Å². The molecule has 0 amide bonds. The molecule has 0 N–H and O–H groups in total. The highest BCUT2D eigenvalue weighted by Gasteiger charge is 2.30. The fourth-order valence-corrected chi connectivity index (χ4v) is 2.08. The molecule has 7 heteroatoms. The number of nitroso groups, excluding NO2 is 1. The smallest absolute Gasteiger partial charge is 0.281 e. The number of rotatable bonds is 2. The second kappa shape index (κ2) is 4.69. The second-order valence-corrected chi connectivity index (χ2v) is 4.38. The summed E-state index contributed by atoms with van der Waals surface area (Å²) in [4.78, 5) is 15.2. The summed E-state index contributed by atoms with van der Waals surface area (Å²) in [6, 6.07) is 9.59. The van der Waals surface area contributed by atoms with Crippen molar-refractivity contribution < 1.29 is 13.2 Å². The van der Waals surface area contributed by atoms with Crippen molar-refractivity contribution in [1.82, 2.24) is 9.38 Å². The molecule has 3 aromatic rings. The highest BCUT2D eigenvalue weighted by atomic mass is 19.4. The largest absolute Gasteiger partial charge is 0.416 e. The van der Waals surface area contributed by atoms with Gasteiger partial charge in [0.1, 0.15) is 11.3 Å². The Morgan fingerprint density at radius 1 is 1.05 bits per heavy atom. The molecule has 0 unspecified atom stereocenters. The SMILES string of the molecule is O=Nc1c(-c2ccc(C(F)(F)F)cc2)nc2ccccn12. The third kappa shape index (κ3) is 2.26. The van der Waals surface area contributed by atoms with Gasteiger partial charge in [0.2, 0.25) is 5.82 Å². The topological polar surface area (TPSA) is 46.7 Å². The van der Waals surface area contributed by atoms with Crippen LogP contribution in [0.4, 0.5) is 19.0 Å². The predicted molar refractivity (Wildman–Crippen MR) is 71.1 cm³/mol. The quantitative estimate of drug-likeness (QED) is 0.656. The van der Waals surface area contributed by atoms with Gasteiger partial charge in [-0.05, 0) is 29.4 Å². The molecule has 0 bridgehead atoms. The van der Waals surface area contributed by atoms with Crippen molar-refractivity contribution in [3.8, 4) is 11.3 Å². The molecule has 2 heterocycles. The first-order valence-corrected chi connectivity index (χ1v) is 5.99. The fourth-order valence-electron chi connectivity index (χ4n) is 2.08. The standard InChI is InChI=1S/C14H8F3N3O/c15-14(16,17)10-6-4-9(5-7-10)12-13(19-21)20-8-2-1-3-11(20)18-12/h1-8H. The van der Waals surface area contributed by atoms with E-state index in [1.165, 1.54) is 16.5 Å². The van der Waals surface area contributed by atoms with E-state index in [1.54, 1.807) is 24.4 Å². The molecule has 106 valence electrons. The molecular formula is C14H8F3N3O. The Morgan fingerprint density at radius 3 is 2.38 bits per heavy atom. The molecule has 0 saturated heterocycles. The van der Waals surface area contributed by atoms with Crippen LogP contribution in [0, 0.1) is 4.91 Å². The molecule has 0 atom stereocenters. The van der Waals surface area contributed by atoms with Crippen LogP contribution in [0.15, 0.2) is 53.8 Å². The van der Waals surface area contributed by atoms with Gasteiger partial charge in [0, 0.05) is 11.8 Å².